The summed E-state index contributed by atoms with van der Waals surface area (Å²) in [5.74, 6) is -7.79. The molecular weight excluding hydrogens is 652 g/mol. The topological polar surface area (TPSA) is 202 Å². The standard InChI is InChI=1S/C26H26F4N4O9S2/c27-25(28)42-19-7-3-1-5-17(19)13-44(37,38)15-21(23(35)33-11-9-31)41-22(24(36)34-12-10-32)16-45(39,40)14-18-6-2-4-8-20(18)43-26(29)30/h1-8,21-22,25-26H,11-16H2,(H,33,35)(H,34,36). The zero-order valence-corrected chi connectivity index (χ0v) is 24.7. The molecule has 45 heavy (non-hydrogen) atoms. The molecule has 2 rings (SSSR count). The van der Waals surface area contributed by atoms with E-state index in [4.69, 9.17) is 15.3 Å². The average molecular weight is 679 g/mol. The van der Waals surface area contributed by atoms with Crippen molar-refractivity contribution in [3.63, 3.8) is 0 Å². The first-order chi connectivity index (χ1) is 21.2. The molecule has 2 atom stereocenters. The molecule has 0 radical (unpaired) electrons. The number of hydrogen-bond donors (Lipinski definition) is 2. The van der Waals surface area contributed by atoms with Crippen LogP contribution in [0.5, 0.6) is 11.5 Å². The Labute approximate surface area is 255 Å². The van der Waals surface area contributed by atoms with Gasteiger partial charge < -0.3 is 24.8 Å². The van der Waals surface area contributed by atoms with E-state index < -0.39 is 105 Å². The van der Waals surface area contributed by atoms with Gasteiger partial charge in [-0.3, -0.25) is 9.59 Å². The third-order valence-corrected chi connectivity index (χ3v) is 8.66. The van der Waals surface area contributed by atoms with E-state index in [2.05, 4.69) is 9.47 Å². The number of ether oxygens (including phenoxy) is 3. The number of amides is 2. The van der Waals surface area contributed by atoms with Crippen LogP contribution in [0.4, 0.5) is 17.6 Å². The lowest BCUT2D eigenvalue weighted by Crippen LogP contribution is -2.49. The molecule has 0 heterocycles. The van der Waals surface area contributed by atoms with Crippen molar-refractivity contribution >= 4 is 31.5 Å². The summed E-state index contributed by atoms with van der Waals surface area (Å²) in [6, 6.07) is 12.9. The number of halogens is 4. The van der Waals surface area contributed by atoms with Crippen molar-refractivity contribution in [3.05, 3.63) is 59.7 Å². The van der Waals surface area contributed by atoms with Gasteiger partial charge in [0.15, 0.2) is 31.9 Å². The fourth-order valence-corrected chi connectivity index (χ4v) is 6.80. The molecular formula is C26H26F4N4O9S2. The van der Waals surface area contributed by atoms with Gasteiger partial charge in [-0.1, -0.05) is 36.4 Å². The number of para-hydroxylation sites is 2. The molecule has 0 aromatic heterocycles. The smallest absolute Gasteiger partial charge is 0.387 e. The number of nitriles is 2. The molecule has 0 fully saturated rings. The van der Waals surface area contributed by atoms with Crippen LogP contribution in [0.3, 0.4) is 0 Å². The first-order valence-corrected chi connectivity index (χ1v) is 16.2. The fraction of sp³-hybridized carbons (Fsp3) is 0.385. The van der Waals surface area contributed by atoms with Crippen LogP contribution in [0.1, 0.15) is 11.1 Å². The summed E-state index contributed by atoms with van der Waals surface area (Å²) in [4.78, 5) is 25.6. The Morgan fingerprint density at radius 2 is 1.04 bits per heavy atom. The van der Waals surface area contributed by atoms with E-state index in [0.717, 1.165) is 12.1 Å². The van der Waals surface area contributed by atoms with Crippen LogP contribution in [0.15, 0.2) is 48.5 Å². The maximum absolute atomic E-state index is 13.1. The molecule has 0 bridgehead atoms. The minimum Gasteiger partial charge on any atom is -0.435 e. The van der Waals surface area contributed by atoms with Crippen LogP contribution < -0.4 is 20.1 Å². The second-order valence-corrected chi connectivity index (χ2v) is 13.2. The summed E-state index contributed by atoms with van der Waals surface area (Å²) in [6.45, 7) is -7.86. The van der Waals surface area contributed by atoms with Crippen molar-refractivity contribution in [1.29, 1.82) is 10.5 Å². The molecule has 2 amide bonds. The highest BCUT2D eigenvalue weighted by Gasteiger charge is 2.35. The van der Waals surface area contributed by atoms with E-state index in [0.29, 0.717) is 0 Å². The van der Waals surface area contributed by atoms with E-state index in [1.165, 1.54) is 36.4 Å². The van der Waals surface area contributed by atoms with Crippen LogP contribution in [0.2, 0.25) is 0 Å². The molecule has 2 aromatic rings. The van der Waals surface area contributed by atoms with Gasteiger partial charge >= 0.3 is 13.2 Å². The van der Waals surface area contributed by atoms with Crippen molar-refractivity contribution in [2.45, 2.75) is 36.9 Å². The minimum atomic E-state index is -4.47. The highest BCUT2D eigenvalue weighted by atomic mass is 32.2. The third-order valence-electron chi connectivity index (χ3n) is 5.54. The summed E-state index contributed by atoms with van der Waals surface area (Å²) in [5.41, 5.74) is -0.436. The van der Waals surface area contributed by atoms with Gasteiger partial charge in [-0.05, 0) is 12.1 Å². The van der Waals surface area contributed by atoms with Gasteiger partial charge in [0, 0.05) is 11.1 Å². The van der Waals surface area contributed by atoms with Crippen LogP contribution in [-0.4, -0.2) is 78.7 Å². The molecule has 0 aliphatic heterocycles. The predicted octanol–water partition coefficient (Wildman–Crippen LogP) is 1.45. The lowest BCUT2D eigenvalue weighted by Gasteiger charge is -2.24. The van der Waals surface area contributed by atoms with Gasteiger partial charge in [-0.15, -0.1) is 0 Å². The second-order valence-electron chi connectivity index (χ2n) is 8.95. The molecule has 2 N–H and O–H groups in total. The summed E-state index contributed by atoms with van der Waals surface area (Å²) < 4.78 is 118. The molecule has 244 valence electrons. The summed E-state index contributed by atoms with van der Waals surface area (Å²) in [6.07, 6.45) is -4.26. The van der Waals surface area contributed by atoms with Crippen molar-refractivity contribution in [3.8, 4) is 23.6 Å². The number of benzene rings is 2. The number of nitrogens with zero attached hydrogens (tertiary/aromatic N) is 2. The first-order valence-electron chi connectivity index (χ1n) is 12.6. The van der Waals surface area contributed by atoms with Crippen molar-refractivity contribution in [2.24, 2.45) is 0 Å². The molecule has 13 nitrogen and oxygen atoms in total. The van der Waals surface area contributed by atoms with Gasteiger partial charge in [0.1, 0.15) is 24.6 Å². The zero-order chi connectivity index (χ0) is 33.6. The van der Waals surface area contributed by atoms with E-state index >= 15 is 0 Å². The Hall–Kier alpha value is -4.46. The number of carbonyl (C=O) groups excluding carboxylic acids is 2. The Bertz CT molecular complexity index is 1510. The second kappa shape index (κ2) is 17.1. The van der Waals surface area contributed by atoms with Gasteiger partial charge in [0.05, 0.1) is 35.1 Å². The maximum Gasteiger partial charge on any atom is 0.387 e. The highest BCUT2D eigenvalue weighted by molar-refractivity contribution is 7.91. The van der Waals surface area contributed by atoms with Crippen LogP contribution in [-0.2, 0) is 45.5 Å². The molecule has 0 saturated heterocycles. The SMILES string of the molecule is N#CCNC(=O)C(CS(=O)(=O)Cc1ccccc1OC(F)F)OC(CS(=O)(=O)Cc1ccccc1OC(F)F)C(=O)NCC#N. The molecule has 0 spiro atoms. The zero-order valence-electron chi connectivity index (χ0n) is 23.1. The van der Waals surface area contributed by atoms with E-state index in [9.17, 15) is 44.0 Å². The Morgan fingerprint density at radius 1 is 0.689 bits per heavy atom. The lowest BCUT2D eigenvalue weighted by atomic mass is 10.2. The van der Waals surface area contributed by atoms with Crippen molar-refractivity contribution < 1.29 is 58.2 Å². The lowest BCUT2D eigenvalue weighted by molar-refractivity contribution is -0.142. The molecule has 2 unspecified atom stereocenters. The number of carbonyl (C=O) groups is 2. The Balaban J connectivity index is 2.40. The number of rotatable bonds is 18. The van der Waals surface area contributed by atoms with Crippen LogP contribution >= 0.6 is 0 Å². The maximum atomic E-state index is 13.1. The molecule has 0 aliphatic carbocycles. The average Bonchev–Trinajstić information content (AvgIpc) is 2.94. The number of alkyl halides is 4. The summed E-state index contributed by atoms with van der Waals surface area (Å²) >= 11 is 0. The quantitative estimate of drug-likeness (QED) is 0.171. The van der Waals surface area contributed by atoms with E-state index in [1.807, 2.05) is 10.6 Å². The van der Waals surface area contributed by atoms with Crippen LogP contribution in [0, 0.1) is 22.7 Å². The van der Waals surface area contributed by atoms with E-state index in [1.54, 1.807) is 12.1 Å². The van der Waals surface area contributed by atoms with Crippen molar-refractivity contribution in [1.82, 2.24) is 10.6 Å². The van der Waals surface area contributed by atoms with Crippen molar-refractivity contribution in [2.75, 3.05) is 24.6 Å². The van der Waals surface area contributed by atoms with Gasteiger partial charge in [-0.2, -0.15) is 28.1 Å². The first kappa shape index (κ1) is 36.7. The van der Waals surface area contributed by atoms with E-state index in [-0.39, 0.29) is 11.1 Å². The normalized spacial score (nSPS) is 12.9. The van der Waals surface area contributed by atoms with Gasteiger partial charge in [-0.25, -0.2) is 16.8 Å². The largest absolute Gasteiger partial charge is 0.435 e. The molecule has 19 heteroatoms. The minimum absolute atomic E-state index is 0.218. The summed E-state index contributed by atoms with van der Waals surface area (Å²) in [7, 11) is -8.95. The predicted molar refractivity (Wildman–Crippen MR) is 147 cm³/mol. The number of hydrogen-bond acceptors (Lipinski definition) is 11. The Kier molecular flexibility index (Phi) is 14.0. The molecule has 2 aromatic carbocycles. The third kappa shape index (κ3) is 13.0. The number of sulfone groups is 2. The monoisotopic (exact) mass is 678 g/mol. The Morgan fingerprint density at radius 3 is 1.38 bits per heavy atom. The molecule has 0 aliphatic rings. The summed E-state index contributed by atoms with van der Waals surface area (Å²) in [5, 5.41) is 21.7. The van der Waals surface area contributed by atoms with Crippen LogP contribution in [0.25, 0.3) is 0 Å². The van der Waals surface area contributed by atoms with Gasteiger partial charge in [0.25, 0.3) is 11.8 Å². The highest BCUT2D eigenvalue weighted by Crippen LogP contribution is 2.25. The number of nitrogens with one attached hydrogen (secondary N) is 2. The van der Waals surface area contributed by atoms with Gasteiger partial charge in [0.2, 0.25) is 0 Å². The fourth-order valence-electron chi connectivity index (χ4n) is 3.75. The molecule has 0 saturated carbocycles.